The van der Waals surface area contributed by atoms with E-state index >= 15 is 0 Å². The van der Waals surface area contributed by atoms with Crippen LogP contribution in [0.4, 0.5) is 5.69 Å². The Morgan fingerprint density at radius 2 is 2.15 bits per heavy atom. The zero-order valence-electron chi connectivity index (χ0n) is 12.8. The van der Waals surface area contributed by atoms with Crippen LogP contribution in [0, 0.1) is 0 Å². The molecule has 0 aliphatic carbocycles. The Morgan fingerprint density at radius 3 is 2.75 bits per heavy atom. The number of nitrogens with zero attached hydrogens (tertiary/aromatic N) is 2. The number of benzene rings is 1. The van der Waals surface area contributed by atoms with Gasteiger partial charge in [-0.1, -0.05) is 24.6 Å². The van der Waals surface area contributed by atoms with Crippen LogP contribution in [0.25, 0.3) is 0 Å². The molecule has 4 heteroatoms. The predicted octanol–water partition coefficient (Wildman–Crippen LogP) is 2.76. The van der Waals surface area contributed by atoms with Crippen molar-refractivity contribution >= 4 is 17.3 Å². The highest BCUT2D eigenvalue weighted by Gasteiger charge is 2.24. The molecular formula is C16H26ClN3. The van der Waals surface area contributed by atoms with E-state index in [1.807, 2.05) is 6.07 Å². The van der Waals surface area contributed by atoms with Crippen LogP contribution in [0.1, 0.15) is 26.3 Å². The summed E-state index contributed by atoms with van der Waals surface area (Å²) in [5.41, 5.74) is 8.54. The molecule has 1 aromatic carbocycles. The Balaban J connectivity index is 2.21. The standard InChI is InChI=1S/C16H26ClN3/c1-4-19-7-8-20(11-13(19)3)16-10-15(17)6-5-14(16)9-12(2)18/h5-6,10,12-13H,4,7-9,11,18H2,1-3H3. The lowest BCUT2D eigenvalue weighted by Crippen LogP contribution is -2.52. The molecule has 1 aliphatic heterocycles. The van der Waals surface area contributed by atoms with Crippen LogP contribution < -0.4 is 10.6 Å². The van der Waals surface area contributed by atoms with Gasteiger partial charge in [0.15, 0.2) is 0 Å². The van der Waals surface area contributed by atoms with Gasteiger partial charge in [-0.3, -0.25) is 4.90 Å². The quantitative estimate of drug-likeness (QED) is 0.927. The fourth-order valence-electron chi connectivity index (χ4n) is 3.03. The first kappa shape index (κ1) is 15.6. The van der Waals surface area contributed by atoms with Gasteiger partial charge in [0.2, 0.25) is 0 Å². The second kappa shape index (κ2) is 6.79. The maximum Gasteiger partial charge on any atom is 0.0426 e. The van der Waals surface area contributed by atoms with Crippen LogP contribution in [-0.2, 0) is 6.42 Å². The van der Waals surface area contributed by atoms with Gasteiger partial charge in [0.25, 0.3) is 0 Å². The van der Waals surface area contributed by atoms with Gasteiger partial charge in [0, 0.05) is 42.4 Å². The molecule has 0 bridgehead atoms. The largest absolute Gasteiger partial charge is 0.368 e. The van der Waals surface area contributed by atoms with Gasteiger partial charge in [0.1, 0.15) is 0 Å². The number of anilines is 1. The van der Waals surface area contributed by atoms with Gasteiger partial charge >= 0.3 is 0 Å². The van der Waals surface area contributed by atoms with Crippen LogP contribution in [0.2, 0.25) is 5.02 Å². The van der Waals surface area contributed by atoms with Crippen molar-refractivity contribution in [2.45, 2.75) is 39.3 Å². The van der Waals surface area contributed by atoms with E-state index in [0.29, 0.717) is 6.04 Å². The van der Waals surface area contributed by atoms with Crippen molar-refractivity contribution in [2.75, 3.05) is 31.1 Å². The monoisotopic (exact) mass is 295 g/mol. The Kier molecular flexibility index (Phi) is 5.30. The van der Waals surface area contributed by atoms with Crippen molar-refractivity contribution in [1.82, 2.24) is 4.90 Å². The lowest BCUT2D eigenvalue weighted by atomic mass is 10.0. The number of hydrogen-bond acceptors (Lipinski definition) is 3. The Hall–Kier alpha value is -0.770. The van der Waals surface area contributed by atoms with Crippen LogP contribution in [0.15, 0.2) is 18.2 Å². The van der Waals surface area contributed by atoms with Crippen LogP contribution in [-0.4, -0.2) is 43.2 Å². The van der Waals surface area contributed by atoms with Crippen molar-refractivity contribution in [3.63, 3.8) is 0 Å². The number of hydrogen-bond donors (Lipinski definition) is 1. The highest BCUT2D eigenvalue weighted by atomic mass is 35.5. The Morgan fingerprint density at radius 1 is 1.40 bits per heavy atom. The molecule has 2 atom stereocenters. The van der Waals surface area contributed by atoms with Gasteiger partial charge in [0.05, 0.1) is 0 Å². The molecule has 112 valence electrons. The van der Waals surface area contributed by atoms with Gasteiger partial charge in [-0.15, -0.1) is 0 Å². The minimum Gasteiger partial charge on any atom is -0.368 e. The summed E-state index contributed by atoms with van der Waals surface area (Å²) in [6, 6.07) is 6.93. The lowest BCUT2D eigenvalue weighted by molar-refractivity contribution is 0.199. The summed E-state index contributed by atoms with van der Waals surface area (Å²) >= 11 is 6.20. The van der Waals surface area contributed by atoms with E-state index in [1.54, 1.807) is 0 Å². The predicted molar refractivity (Wildman–Crippen MR) is 87.7 cm³/mol. The van der Waals surface area contributed by atoms with E-state index < -0.39 is 0 Å². The molecule has 2 unspecified atom stereocenters. The topological polar surface area (TPSA) is 32.5 Å². The molecule has 0 amide bonds. The lowest BCUT2D eigenvalue weighted by Gasteiger charge is -2.41. The van der Waals surface area contributed by atoms with E-state index in [1.165, 1.54) is 11.3 Å². The van der Waals surface area contributed by atoms with E-state index in [4.69, 9.17) is 17.3 Å². The summed E-state index contributed by atoms with van der Waals surface area (Å²) in [6.45, 7) is 10.9. The first-order valence-corrected chi connectivity index (χ1v) is 7.92. The summed E-state index contributed by atoms with van der Waals surface area (Å²) in [5, 5.41) is 0.805. The van der Waals surface area contributed by atoms with Crippen LogP contribution in [0.3, 0.4) is 0 Å². The molecule has 3 nitrogen and oxygen atoms in total. The third kappa shape index (κ3) is 3.66. The van der Waals surface area contributed by atoms with Crippen molar-refractivity contribution in [2.24, 2.45) is 5.73 Å². The van der Waals surface area contributed by atoms with Crippen LogP contribution >= 0.6 is 11.6 Å². The Bertz CT molecular complexity index is 447. The van der Waals surface area contributed by atoms with E-state index in [2.05, 4.69) is 42.7 Å². The van der Waals surface area contributed by atoms with Gasteiger partial charge in [-0.25, -0.2) is 0 Å². The maximum atomic E-state index is 6.20. The molecule has 0 spiro atoms. The fraction of sp³-hybridized carbons (Fsp3) is 0.625. The third-order valence-electron chi connectivity index (χ3n) is 4.10. The van der Waals surface area contributed by atoms with Crippen molar-refractivity contribution in [1.29, 1.82) is 0 Å². The second-order valence-corrected chi connectivity index (χ2v) is 6.31. The van der Waals surface area contributed by atoms with Gasteiger partial charge < -0.3 is 10.6 Å². The molecule has 1 fully saturated rings. The van der Waals surface area contributed by atoms with E-state index in [0.717, 1.165) is 37.6 Å². The zero-order chi connectivity index (χ0) is 14.7. The van der Waals surface area contributed by atoms with Gasteiger partial charge in [-0.2, -0.15) is 0 Å². The molecule has 1 aromatic rings. The molecule has 0 radical (unpaired) electrons. The number of halogens is 1. The molecule has 1 heterocycles. The summed E-state index contributed by atoms with van der Waals surface area (Å²) in [5.74, 6) is 0. The van der Waals surface area contributed by atoms with Crippen molar-refractivity contribution < 1.29 is 0 Å². The third-order valence-corrected chi connectivity index (χ3v) is 4.34. The SMILES string of the molecule is CCN1CCN(c2cc(Cl)ccc2CC(C)N)CC1C. The average Bonchev–Trinajstić information content (AvgIpc) is 2.40. The maximum absolute atomic E-state index is 6.20. The summed E-state index contributed by atoms with van der Waals surface area (Å²) < 4.78 is 0. The highest BCUT2D eigenvalue weighted by molar-refractivity contribution is 6.30. The molecule has 1 saturated heterocycles. The van der Waals surface area contributed by atoms with E-state index in [-0.39, 0.29) is 6.04 Å². The zero-order valence-corrected chi connectivity index (χ0v) is 13.5. The minimum atomic E-state index is 0.171. The number of nitrogens with two attached hydrogens (primary N) is 1. The Labute approximate surface area is 127 Å². The molecule has 0 aromatic heterocycles. The molecule has 2 rings (SSSR count). The second-order valence-electron chi connectivity index (χ2n) is 5.88. The molecule has 20 heavy (non-hydrogen) atoms. The average molecular weight is 296 g/mol. The number of rotatable bonds is 4. The van der Waals surface area contributed by atoms with Crippen molar-refractivity contribution in [3.8, 4) is 0 Å². The van der Waals surface area contributed by atoms with Gasteiger partial charge in [-0.05, 0) is 44.5 Å². The highest BCUT2D eigenvalue weighted by Crippen LogP contribution is 2.28. The molecule has 1 aliphatic rings. The smallest absolute Gasteiger partial charge is 0.0426 e. The van der Waals surface area contributed by atoms with Crippen molar-refractivity contribution in [3.05, 3.63) is 28.8 Å². The molecule has 2 N–H and O–H groups in total. The first-order valence-electron chi connectivity index (χ1n) is 7.54. The van der Waals surface area contributed by atoms with Crippen LogP contribution in [0.5, 0.6) is 0 Å². The minimum absolute atomic E-state index is 0.171. The molecular weight excluding hydrogens is 270 g/mol. The number of likely N-dealkylation sites (N-methyl/N-ethyl adjacent to an activating group) is 1. The molecule has 0 saturated carbocycles. The normalized spacial score (nSPS) is 22.1. The summed E-state index contributed by atoms with van der Waals surface area (Å²) in [7, 11) is 0. The summed E-state index contributed by atoms with van der Waals surface area (Å²) in [4.78, 5) is 4.98. The van der Waals surface area contributed by atoms with E-state index in [9.17, 15) is 0 Å². The fourth-order valence-corrected chi connectivity index (χ4v) is 3.20. The summed E-state index contributed by atoms with van der Waals surface area (Å²) in [6.07, 6.45) is 0.898. The number of piperazine rings is 1. The first-order chi connectivity index (χ1) is 9.51.